The topological polar surface area (TPSA) is 72.7 Å². The minimum absolute atomic E-state index is 0.0579. The summed E-state index contributed by atoms with van der Waals surface area (Å²) >= 11 is 6.06. The Morgan fingerprint density at radius 3 is 2.53 bits per heavy atom. The van der Waals surface area contributed by atoms with E-state index in [0.29, 0.717) is 17.5 Å². The maximum atomic E-state index is 13.2. The molecule has 4 atom stereocenters. The lowest BCUT2D eigenvalue weighted by molar-refractivity contribution is -0.384. The number of non-ortho nitro benzene ring substituents is 1. The number of hydrogen-bond acceptors (Lipinski definition) is 5. The monoisotopic (exact) mass is 428 g/mol. The van der Waals surface area contributed by atoms with Crippen LogP contribution in [-0.2, 0) is 16.0 Å². The Morgan fingerprint density at radius 1 is 1.17 bits per heavy atom. The maximum Gasteiger partial charge on any atom is 0.311 e. The molecule has 2 fully saturated rings. The van der Waals surface area contributed by atoms with Crippen LogP contribution in [0.1, 0.15) is 36.3 Å². The number of hydrogen-bond donors (Lipinski definition) is 0. The number of ether oxygens (including phenoxy) is 1. The van der Waals surface area contributed by atoms with Crippen LogP contribution in [0.2, 0.25) is 5.02 Å². The summed E-state index contributed by atoms with van der Waals surface area (Å²) in [6, 6.07) is 14.9. The first-order valence-corrected chi connectivity index (χ1v) is 10.7. The number of carbonyl (C=O) groups is 1. The molecule has 2 bridgehead atoms. The number of nitrogens with zero attached hydrogens (tertiary/aromatic N) is 2. The molecule has 7 heteroatoms. The van der Waals surface area contributed by atoms with Gasteiger partial charge in [-0.25, -0.2) is 0 Å². The van der Waals surface area contributed by atoms with Gasteiger partial charge in [-0.1, -0.05) is 35.9 Å². The molecule has 0 N–H and O–H groups in total. The molecule has 30 heavy (non-hydrogen) atoms. The average Bonchev–Trinajstić information content (AvgIpc) is 2.97. The quantitative estimate of drug-likeness (QED) is 0.382. The normalized spacial score (nSPS) is 25.8. The number of carbonyl (C=O) groups excluding carboxylic acids is 1. The van der Waals surface area contributed by atoms with E-state index in [1.54, 1.807) is 12.1 Å². The van der Waals surface area contributed by atoms with E-state index in [-0.39, 0.29) is 36.1 Å². The third-order valence-corrected chi connectivity index (χ3v) is 6.87. The van der Waals surface area contributed by atoms with Gasteiger partial charge >= 0.3 is 5.97 Å². The first-order valence-electron chi connectivity index (χ1n) is 10.3. The van der Waals surface area contributed by atoms with E-state index in [4.69, 9.17) is 16.3 Å². The maximum absolute atomic E-state index is 13.2. The Kier molecular flexibility index (Phi) is 6.06. The van der Waals surface area contributed by atoms with Crippen LogP contribution < -0.4 is 0 Å². The standard InChI is InChI=1S/C23H25ClN2O4/c1-25-19-10-11-21(25)22(20(14-19)16-4-6-17(24)7-5-16)23(27)30-13-12-15-2-8-18(9-3-15)26(28)29/h2-9,19-22H,10-14H2,1H3/t19-,20-,21?,22+/m1/s1. The minimum atomic E-state index is -0.421. The number of halogens is 1. The van der Waals surface area contributed by atoms with Crippen molar-refractivity contribution in [2.24, 2.45) is 5.92 Å². The zero-order valence-electron chi connectivity index (χ0n) is 16.9. The van der Waals surface area contributed by atoms with E-state index in [2.05, 4.69) is 11.9 Å². The second kappa shape index (κ2) is 8.74. The summed E-state index contributed by atoms with van der Waals surface area (Å²) in [5, 5.41) is 11.5. The Labute approximate surface area is 180 Å². The van der Waals surface area contributed by atoms with Crippen LogP contribution in [0, 0.1) is 16.0 Å². The zero-order chi connectivity index (χ0) is 21.3. The first kappa shape index (κ1) is 20.8. The van der Waals surface area contributed by atoms with Crippen LogP contribution >= 0.6 is 11.6 Å². The third-order valence-electron chi connectivity index (χ3n) is 6.62. The molecule has 2 aliphatic rings. The van der Waals surface area contributed by atoms with Gasteiger partial charge in [0, 0.05) is 41.6 Å². The molecule has 0 amide bonds. The van der Waals surface area contributed by atoms with Gasteiger partial charge in [-0.3, -0.25) is 19.8 Å². The second-order valence-electron chi connectivity index (χ2n) is 8.22. The Hall–Kier alpha value is -2.44. The van der Waals surface area contributed by atoms with Gasteiger partial charge in [-0.15, -0.1) is 0 Å². The first-order chi connectivity index (χ1) is 14.4. The number of nitro benzene ring substituents is 1. The van der Waals surface area contributed by atoms with Crippen LogP contribution in [0.5, 0.6) is 0 Å². The number of esters is 1. The summed E-state index contributed by atoms with van der Waals surface area (Å²) in [5.41, 5.74) is 2.11. The molecule has 0 spiro atoms. The molecule has 2 aliphatic heterocycles. The molecule has 0 radical (unpaired) electrons. The molecule has 2 saturated heterocycles. The largest absolute Gasteiger partial charge is 0.465 e. The molecule has 2 heterocycles. The lowest BCUT2D eigenvalue weighted by Crippen LogP contribution is -2.49. The minimum Gasteiger partial charge on any atom is -0.465 e. The SMILES string of the molecule is CN1C2CC[C@@H]1C[C@H](c1ccc(Cl)cc1)[C@@H]2C(=O)OCCc1ccc([N+](=O)[O-])cc1. The van der Waals surface area contributed by atoms with Gasteiger partial charge in [0.2, 0.25) is 0 Å². The zero-order valence-corrected chi connectivity index (χ0v) is 17.6. The number of fused-ring (bicyclic) bond motifs is 2. The number of rotatable bonds is 6. The summed E-state index contributed by atoms with van der Waals surface area (Å²) in [6.45, 7) is 0.264. The Bertz CT molecular complexity index is 916. The van der Waals surface area contributed by atoms with E-state index in [1.807, 2.05) is 24.3 Å². The van der Waals surface area contributed by atoms with Gasteiger partial charge in [-0.2, -0.15) is 0 Å². The molecular formula is C23H25ClN2O4. The second-order valence-corrected chi connectivity index (χ2v) is 8.66. The Balaban J connectivity index is 1.44. The molecule has 1 unspecified atom stereocenters. The van der Waals surface area contributed by atoms with Gasteiger partial charge in [0.05, 0.1) is 17.4 Å². The highest BCUT2D eigenvalue weighted by molar-refractivity contribution is 6.30. The lowest BCUT2D eigenvalue weighted by Gasteiger charge is -2.42. The fourth-order valence-corrected chi connectivity index (χ4v) is 5.12. The van der Waals surface area contributed by atoms with Crippen molar-refractivity contribution < 1.29 is 14.5 Å². The molecule has 2 aromatic rings. The van der Waals surface area contributed by atoms with E-state index in [1.165, 1.54) is 12.1 Å². The molecular weight excluding hydrogens is 404 g/mol. The highest BCUT2D eigenvalue weighted by Gasteiger charge is 2.49. The van der Waals surface area contributed by atoms with Crippen molar-refractivity contribution in [2.75, 3.05) is 13.7 Å². The van der Waals surface area contributed by atoms with Crippen molar-refractivity contribution in [3.05, 3.63) is 74.8 Å². The van der Waals surface area contributed by atoms with E-state index < -0.39 is 4.92 Å². The van der Waals surface area contributed by atoms with Gasteiger partial charge in [0.15, 0.2) is 0 Å². The summed E-state index contributed by atoms with van der Waals surface area (Å²) in [7, 11) is 2.11. The molecule has 6 nitrogen and oxygen atoms in total. The molecule has 0 aromatic heterocycles. The average molecular weight is 429 g/mol. The van der Waals surface area contributed by atoms with Crippen molar-refractivity contribution in [2.45, 2.75) is 43.7 Å². The number of piperidine rings is 1. The van der Waals surface area contributed by atoms with E-state index >= 15 is 0 Å². The number of nitro groups is 1. The van der Waals surface area contributed by atoms with Crippen LogP contribution in [0.15, 0.2) is 48.5 Å². The lowest BCUT2D eigenvalue weighted by atomic mass is 9.76. The van der Waals surface area contributed by atoms with Crippen molar-refractivity contribution in [1.82, 2.24) is 4.90 Å². The summed E-state index contributed by atoms with van der Waals surface area (Å²) in [5.74, 6) is -0.233. The van der Waals surface area contributed by atoms with E-state index in [9.17, 15) is 14.9 Å². The van der Waals surface area contributed by atoms with Crippen molar-refractivity contribution >= 4 is 23.3 Å². The summed E-state index contributed by atoms with van der Waals surface area (Å²) in [6.07, 6.45) is 3.59. The molecule has 4 rings (SSSR count). The fraction of sp³-hybridized carbons (Fsp3) is 0.435. The van der Waals surface area contributed by atoms with Gasteiger partial charge < -0.3 is 4.74 Å². The predicted molar refractivity (Wildman–Crippen MR) is 115 cm³/mol. The van der Waals surface area contributed by atoms with Crippen LogP contribution in [0.25, 0.3) is 0 Å². The van der Waals surface area contributed by atoms with Gasteiger partial charge in [-0.05, 0) is 49.6 Å². The summed E-state index contributed by atoms with van der Waals surface area (Å²) < 4.78 is 5.71. The van der Waals surface area contributed by atoms with Crippen LogP contribution in [0.3, 0.4) is 0 Å². The fourth-order valence-electron chi connectivity index (χ4n) is 4.99. The highest BCUT2D eigenvalue weighted by atomic mass is 35.5. The Morgan fingerprint density at radius 2 is 1.87 bits per heavy atom. The molecule has 0 aliphatic carbocycles. The molecule has 2 aromatic carbocycles. The van der Waals surface area contributed by atoms with Gasteiger partial charge in [0.25, 0.3) is 5.69 Å². The van der Waals surface area contributed by atoms with Crippen molar-refractivity contribution in [3.8, 4) is 0 Å². The van der Waals surface area contributed by atoms with Crippen molar-refractivity contribution in [1.29, 1.82) is 0 Å². The van der Waals surface area contributed by atoms with Crippen molar-refractivity contribution in [3.63, 3.8) is 0 Å². The van der Waals surface area contributed by atoms with E-state index in [0.717, 1.165) is 30.4 Å². The smallest absolute Gasteiger partial charge is 0.311 e. The van der Waals surface area contributed by atoms with Crippen LogP contribution in [-0.4, -0.2) is 41.5 Å². The predicted octanol–water partition coefficient (Wildman–Crippen LogP) is 4.60. The summed E-state index contributed by atoms with van der Waals surface area (Å²) in [4.78, 5) is 25.8. The molecule has 0 saturated carbocycles. The highest BCUT2D eigenvalue weighted by Crippen LogP contribution is 2.46. The van der Waals surface area contributed by atoms with Crippen LogP contribution in [0.4, 0.5) is 5.69 Å². The third kappa shape index (κ3) is 4.20. The van der Waals surface area contributed by atoms with Gasteiger partial charge in [0.1, 0.15) is 0 Å². The molecule has 158 valence electrons. The number of benzene rings is 2.